The molecule has 0 unspecified atom stereocenters. The quantitative estimate of drug-likeness (QED) is 0.268. The molecule has 1 heterocycles. The first-order valence-electron chi connectivity index (χ1n) is 3.60. The zero-order chi connectivity index (χ0) is 8.54. The highest BCUT2D eigenvalue weighted by atomic mass is 16.6. The first-order chi connectivity index (χ1) is 4.96. The maximum atomic E-state index is 9.08. The van der Waals surface area contributed by atoms with Gasteiger partial charge in [0, 0.05) is 13.0 Å². The van der Waals surface area contributed by atoms with Crippen LogP contribution in [0.3, 0.4) is 0 Å². The lowest BCUT2D eigenvalue weighted by molar-refractivity contribution is -0.368. The smallest absolute Gasteiger partial charge is 0.279 e. The van der Waals surface area contributed by atoms with Gasteiger partial charge in [0.2, 0.25) is 5.79 Å². The highest BCUT2D eigenvalue weighted by Gasteiger charge is 2.47. The molecule has 0 aromatic carbocycles. The largest absolute Gasteiger partial charge is 0.360 e. The van der Waals surface area contributed by atoms with Crippen LogP contribution in [0, 0.1) is 0 Å². The highest BCUT2D eigenvalue weighted by Crippen LogP contribution is 2.23. The third-order valence-corrected chi connectivity index (χ3v) is 1.88. The van der Waals surface area contributed by atoms with Crippen LogP contribution in [0.5, 0.6) is 0 Å². The van der Waals surface area contributed by atoms with Crippen molar-refractivity contribution in [2.45, 2.75) is 31.0 Å². The number of aliphatic hydroxyl groups is 4. The van der Waals surface area contributed by atoms with Gasteiger partial charge in [0.1, 0.15) is 0 Å². The van der Waals surface area contributed by atoms with Crippen LogP contribution in [0.1, 0.15) is 19.3 Å². The fraction of sp³-hybridized carbons (Fsp3) is 1.00. The molecule has 1 aliphatic heterocycles. The predicted octanol–water partition coefficient (Wildman–Crippen LogP) is -1.92. The molecule has 0 saturated carbocycles. The van der Waals surface area contributed by atoms with E-state index in [4.69, 9.17) is 20.4 Å². The molecule has 0 spiro atoms. The molecule has 0 bridgehead atoms. The Morgan fingerprint density at radius 2 is 1.64 bits per heavy atom. The summed E-state index contributed by atoms with van der Waals surface area (Å²) >= 11 is 0. The summed E-state index contributed by atoms with van der Waals surface area (Å²) in [5.74, 6) is -5.02. The third-order valence-electron chi connectivity index (χ3n) is 1.88. The molecule has 11 heavy (non-hydrogen) atoms. The molecule has 0 amide bonds. The average molecular weight is 163 g/mol. The topological polar surface area (TPSA) is 93.0 Å². The zero-order valence-corrected chi connectivity index (χ0v) is 6.12. The lowest BCUT2D eigenvalue weighted by Gasteiger charge is -2.33. The van der Waals surface area contributed by atoms with Gasteiger partial charge < -0.3 is 20.4 Å². The number of rotatable bonds is 0. The fourth-order valence-electron chi connectivity index (χ4n) is 1.08. The molecule has 1 aliphatic rings. The Labute approximate surface area is 64.3 Å². The fourth-order valence-corrected chi connectivity index (χ4v) is 1.08. The minimum Gasteiger partial charge on any atom is -0.360 e. The van der Waals surface area contributed by atoms with Crippen LogP contribution in [0.2, 0.25) is 0 Å². The van der Waals surface area contributed by atoms with Gasteiger partial charge in [-0.2, -0.15) is 0 Å². The molecule has 66 valence electrons. The first kappa shape index (κ1) is 8.89. The monoisotopic (exact) mass is 163 g/mol. The van der Waals surface area contributed by atoms with E-state index in [1.807, 2.05) is 0 Å². The number of hydrogen-bond donors (Lipinski definition) is 5. The van der Waals surface area contributed by atoms with Crippen LogP contribution in [0.25, 0.3) is 0 Å². The average Bonchev–Trinajstić information content (AvgIpc) is 1.94. The summed E-state index contributed by atoms with van der Waals surface area (Å²) in [6.45, 7) is 0.371. The van der Waals surface area contributed by atoms with Gasteiger partial charge in [-0.05, 0) is 12.8 Å². The third kappa shape index (κ3) is 1.69. The van der Waals surface area contributed by atoms with Crippen molar-refractivity contribution in [3.05, 3.63) is 0 Å². The van der Waals surface area contributed by atoms with Crippen LogP contribution in [0.15, 0.2) is 0 Å². The molecule has 0 aliphatic carbocycles. The summed E-state index contributed by atoms with van der Waals surface area (Å²) < 4.78 is 0. The van der Waals surface area contributed by atoms with Crippen LogP contribution in [0.4, 0.5) is 0 Å². The minimum absolute atomic E-state index is 0.0347. The highest BCUT2D eigenvalue weighted by molar-refractivity contribution is 4.82. The molecule has 1 rings (SSSR count). The van der Waals surface area contributed by atoms with Crippen molar-refractivity contribution >= 4 is 0 Å². The SMILES string of the molecule is OC1(O)CCCCNC1(O)O. The Balaban J connectivity index is 2.72. The van der Waals surface area contributed by atoms with E-state index in [0.29, 0.717) is 19.4 Å². The van der Waals surface area contributed by atoms with Gasteiger partial charge >= 0.3 is 0 Å². The first-order valence-corrected chi connectivity index (χ1v) is 3.60. The molecule has 0 atom stereocenters. The van der Waals surface area contributed by atoms with E-state index in [0.717, 1.165) is 0 Å². The Morgan fingerprint density at radius 3 is 2.27 bits per heavy atom. The minimum atomic E-state index is -2.58. The molecule has 1 saturated heterocycles. The Hall–Kier alpha value is -0.200. The van der Waals surface area contributed by atoms with Crippen molar-refractivity contribution < 1.29 is 20.4 Å². The number of hydrogen-bond acceptors (Lipinski definition) is 5. The van der Waals surface area contributed by atoms with Crippen molar-refractivity contribution in [2.75, 3.05) is 6.54 Å². The molecular formula is C6H13NO4. The lowest BCUT2D eigenvalue weighted by Crippen LogP contribution is -2.62. The molecule has 1 fully saturated rings. The lowest BCUT2D eigenvalue weighted by atomic mass is 10.1. The molecule has 5 N–H and O–H groups in total. The van der Waals surface area contributed by atoms with Crippen molar-refractivity contribution in [3.8, 4) is 0 Å². The maximum absolute atomic E-state index is 9.08. The zero-order valence-electron chi connectivity index (χ0n) is 6.12. The second-order valence-electron chi connectivity index (χ2n) is 2.87. The second kappa shape index (κ2) is 2.69. The maximum Gasteiger partial charge on any atom is 0.279 e. The summed E-state index contributed by atoms with van der Waals surface area (Å²) in [6, 6.07) is 0. The molecule has 5 nitrogen and oxygen atoms in total. The van der Waals surface area contributed by atoms with E-state index in [-0.39, 0.29) is 6.42 Å². The van der Waals surface area contributed by atoms with E-state index in [2.05, 4.69) is 5.32 Å². The van der Waals surface area contributed by atoms with E-state index in [1.54, 1.807) is 0 Å². The molecule has 0 aromatic rings. The summed E-state index contributed by atoms with van der Waals surface area (Å²) in [6.07, 6.45) is 1.22. The normalized spacial score (nSPS) is 29.5. The van der Waals surface area contributed by atoms with Gasteiger partial charge in [0.05, 0.1) is 0 Å². The van der Waals surface area contributed by atoms with Gasteiger partial charge in [-0.1, -0.05) is 0 Å². The number of nitrogens with one attached hydrogen (secondary N) is 1. The predicted molar refractivity (Wildman–Crippen MR) is 36.2 cm³/mol. The Bertz CT molecular complexity index is 130. The van der Waals surface area contributed by atoms with Gasteiger partial charge in [-0.15, -0.1) is 0 Å². The van der Waals surface area contributed by atoms with Crippen molar-refractivity contribution in [1.29, 1.82) is 0 Å². The van der Waals surface area contributed by atoms with E-state index in [9.17, 15) is 0 Å². The summed E-state index contributed by atoms with van der Waals surface area (Å²) in [5, 5.41) is 38.4. The summed E-state index contributed by atoms with van der Waals surface area (Å²) in [5.41, 5.74) is 0. The van der Waals surface area contributed by atoms with Crippen molar-refractivity contribution in [1.82, 2.24) is 5.32 Å². The van der Waals surface area contributed by atoms with Gasteiger partial charge in [-0.25, -0.2) is 0 Å². The van der Waals surface area contributed by atoms with Crippen LogP contribution in [-0.4, -0.2) is 38.7 Å². The second-order valence-corrected chi connectivity index (χ2v) is 2.87. The van der Waals surface area contributed by atoms with Crippen molar-refractivity contribution in [2.24, 2.45) is 0 Å². The van der Waals surface area contributed by atoms with E-state index >= 15 is 0 Å². The Morgan fingerprint density at radius 1 is 1.00 bits per heavy atom. The Kier molecular flexibility index (Phi) is 2.17. The van der Waals surface area contributed by atoms with Crippen molar-refractivity contribution in [3.63, 3.8) is 0 Å². The van der Waals surface area contributed by atoms with Crippen LogP contribution < -0.4 is 5.32 Å². The summed E-state index contributed by atoms with van der Waals surface area (Å²) in [4.78, 5) is 0. The van der Waals surface area contributed by atoms with Crippen LogP contribution >= 0.6 is 0 Å². The van der Waals surface area contributed by atoms with Gasteiger partial charge in [0.15, 0.2) is 0 Å². The molecule has 5 heteroatoms. The molecular weight excluding hydrogens is 150 g/mol. The van der Waals surface area contributed by atoms with E-state index < -0.39 is 11.7 Å². The van der Waals surface area contributed by atoms with E-state index in [1.165, 1.54) is 0 Å². The summed E-state index contributed by atoms with van der Waals surface area (Å²) in [7, 11) is 0. The van der Waals surface area contributed by atoms with Gasteiger partial charge in [-0.3, -0.25) is 5.32 Å². The molecule has 0 radical (unpaired) electrons. The van der Waals surface area contributed by atoms with Crippen LogP contribution in [-0.2, 0) is 0 Å². The standard InChI is InChI=1S/C6H13NO4/c8-5(9)3-1-2-4-7-6(5,10)11/h7-11H,1-4H2. The molecule has 0 aromatic heterocycles. The van der Waals surface area contributed by atoms with Gasteiger partial charge in [0.25, 0.3) is 5.91 Å².